The van der Waals surface area contributed by atoms with Gasteiger partial charge in [0.05, 0.1) is 29.1 Å². The zero-order valence-electron chi connectivity index (χ0n) is 12.5. The van der Waals surface area contributed by atoms with Crippen molar-refractivity contribution in [3.8, 4) is 6.07 Å². The second-order valence-electron chi connectivity index (χ2n) is 5.77. The van der Waals surface area contributed by atoms with Gasteiger partial charge in [-0.05, 0) is 32.4 Å². The molecule has 0 bridgehead atoms. The average molecular weight is 270 g/mol. The summed E-state index contributed by atoms with van der Waals surface area (Å²) in [5, 5.41) is 12.4. The van der Waals surface area contributed by atoms with E-state index in [1.807, 2.05) is 32.0 Å². The first-order valence-electron chi connectivity index (χ1n) is 7.13. The van der Waals surface area contributed by atoms with E-state index >= 15 is 0 Å². The number of fused-ring (bicyclic) bond motifs is 1. The lowest BCUT2D eigenvalue weighted by atomic mass is 9.96. The monoisotopic (exact) mass is 270 g/mol. The lowest BCUT2D eigenvalue weighted by Gasteiger charge is -2.16. The fraction of sp³-hybridized carbons (Fsp3) is 0.500. The predicted molar refractivity (Wildman–Crippen MR) is 81.1 cm³/mol. The van der Waals surface area contributed by atoms with Gasteiger partial charge in [-0.3, -0.25) is 0 Å². The molecule has 1 aromatic heterocycles. The van der Waals surface area contributed by atoms with Gasteiger partial charge in [0.2, 0.25) is 0 Å². The van der Waals surface area contributed by atoms with E-state index in [9.17, 15) is 0 Å². The van der Waals surface area contributed by atoms with Crippen LogP contribution in [0.3, 0.4) is 0 Å². The Morgan fingerprint density at radius 2 is 2.10 bits per heavy atom. The van der Waals surface area contributed by atoms with E-state index in [1.54, 1.807) is 0 Å². The van der Waals surface area contributed by atoms with Gasteiger partial charge in [-0.2, -0.15) is 5.26 Å². The van der Waals surface area contributed by atoms with E-state index in [0.29, 0.717) is 13.1 Å². The van der Waals surface area contributed by atoms with Gasteiger partial charge in [-0.25, -0.2) is 4.98 Å². The largest absolute Gasteiger partial charge is 0.327 e. The van der Waals surface area contributed by atoms with Gasteiger partial charge in [0.15, 0.2) is 0 Å². The van der Waals surface area contributed by atoms with Gasteiger partial charge in [-0.1, -0.05) is 19.1 Å². The van der Waals surface area contributed by atoms with Crippen molar-refractivity contribution < 1.29 is 0 Å². The van der Waals surface area contributed by atoms with Crippen LogP contribution in [-0.2, 0) is 13.1 Å². The second kappa shape index (κ2) is 6.06. The Morgan fingerprint density at radius 3 is 2.80 bits per heavy atom. The van der Waals surface area contributed by atoms with Crippen molar-refractivity contribution in [2.24, 2.45) is 5.41 Å². The summed E-state index contributed by atoms with van der Waals surface area (Å²) < 4.78 is 2.27. The molecular weight excluding hydrogens is 248 g/mol. The Hall–Kier alpha value is -1.86. The van der Waals surface area contributed by atoms with Crippen LogP contribution in [0.1, 0.15) is 33.0 Å². The molecule has 0 aliphatic heterocycles. The Kier molecular flexibility index (Phi) is 4.41. The topological polar surface area (TPSA) is 53.6 Å². The molecule has 106 valence electrons. The van der Waals surface area contributed by atoms with Crippen molar-refractivity contribution >= 4 is 11.0 Å². The van der Waals surface area contributed by atoms with Crippen molar-refractivity contribution in [3.05, 3.63) is 30.1 Å². The molecule has 1 N–H and O–H groups in total. The van der Waals surface area contributed by atoms with Gasteiger partial charge in [0, 0.05) is 13.1 Å². The standard InChI is InChI=1S/C16H22N4/c1-4-9-20-14-8-6-5-7-13(14)19-15(20)10-18-12-16(2,3)11-17/h5-8,18H,4,9-10,12H2,1-3H3. The number of imidazole rings is 1. The van der Waals surface area contributed by atoms with Crippen molar-refractivity contribution in [1.29, 1.82) is 5.26 Å². The number of nitrogens with zero attached hydrogens (tertiary/aromatic N) is 3. The molecule has 2 aromatic rings. The molecule has 1 heterocycles. The number of nitrogens with one attached hydrogen (secondary N) is 1. The van der Waals surface area contributed by atoms with Crippen LogP contribution < -0.4 is 5.32 Å². The minimum atomic E-state index is -0.346. The molecule has 0 atom stereocenters. The van der Waals surface area contributed by atoms with Gasteiger partial charge in [0.25, 0.3) is 0 Å². The van der Waals surface area contributed by atoms with Crippen LogP contribution in [-0.4, -0.2) is 16.1 Å². The lowest BCUT2D eigenvalue weighted by Crippen LogP contribution is -2.28. The maximum Gasteiger partial charge on any atom is 0.123 e. The first-order valence-corrected chi connectivity index (χ1v) is 7.13. The van der Waals surface area contributed by atoms with Crippen LogP contribution in [0.5, 0.6) is 0 Å². The molecule has 2 rings (SSSR count). The van der Waals surface area contributed by atoms with Crippen LogP contribution in [0.15, 0.2) is 24.3 Å². The summed E-state index contributed by atoms with van der Waals surface area (Å²) >= 11 is 0. The summed E-state index contributed by atoms with van der Waals surface area (Å²) in [6.07, 6.45) is 1.08. The van der Waals surface area contributed by atoms with E-state index in [4.69, 9.17) is 10.2 Å². The van der Waals surface area contributed by atoms with Crippen LogP contribution in [0.2, 0.25) is 0 Å². The Balaban J connectivity index is 2.17. The fourth-order valence-electron chi connectivity index (χ4n) is 2.26. The van der Waals surface area contributed by atoms with Gasteiger partial charge < -0.3 is 9.88 Å². The van der Waals surface area contributed by atoms with Crippen molar-refractivity contribution in [2.75, 3.05) is 6.54 Å². The molecule has 0 radical (unpaired) electrons. The number of aromatic nitrogens is 2. The average Bonchev–Trinajstić information content (AvgIpc) is 2.78. The maximum atomic E-state index is 9.03. The molecule has 4 heteroatoms. The SMILES string of the molecule is CCCn1c(CNCC(C)(C)C#N)nc2ccccc21. The van der Waals surface area contributed by atoms with E-state index in [-0.39, 0.29) is 5.41 Å². The summed E-state index contributed by atoms with van der Waals surface area (Å²) in [5.41, 5.74) is 1.88. The predicted octanol–water partition coefficient (Wildman–Crippen LogP) is 3.09. The highest BCUT2D eigenvalue weighted by molar-refractivity contribution is 5.75. The Labute approximate surface area is 120 Å². The smallest absolute Gasteiger partial charge is 0.123 e. The van der Waals surface area contributed by atoms with E-state index in [0.717, 1.165) is 24.3 Å². The molecule has 0 amide bonds. The molecule has 1 aromatic carbocycles. The molecule has 0 saturated carbocycles. The minimum Gasteiger partial charge on any atom is -0.327 e. The van der Waals surface area contributed by atoms with E-state index in [2.05, 4.69) is 28.9 Å². The number of rotatable bonds is 6. The highest BCUT2D eigenvalue weighted by Crippen LogP contribution is 2.17. The first kappa shape index (κ1) is 14.5. The molecule has 0 aliphatic rings. The molecule has 0 unspecified atom stereocenters. The van der Waals surface area contributed by atoms with Crippen molar-refractivity contribution in [2.45, 2.75) is 40.3 Å². The number of hydrogen-bond donors (Lipinski definition) is 1. The van der Waals surface area contributed by atoms with Gasteiger partial charge in [0.1, 0.15) is 5.82 Å². The lowest BCUT2D eigenvalue weighted by molar-refractivity contribution is 0.437. The van der Waals surface area contributed by atoms with Crippen molar-refractivity contribution in [3.63, 3.8) is 0 Å². The van der Waals surface area contributed by atoms with E-state index < -0.39 is 0 Å². The second-order valence-corrected chi connectivity index (χ2v) is 5.77. The zero-order chi connectivity index (χ0) is 14.6. The molecule has 4 nitrogen and oxygen atoms in total. The molecule has 20 heavy (non-hydrogen) atoms. The summed E-state index contributed by atoms with van der Waals surface area (Å²) in [4.78, 5) is 4.69. The fourth-order valence-corrected chi connectivity index (χ4v) is 2.26. The van der Waals surface area contributed by atoms with Gasteiger partial charge in [-0.15, -0.1) is 0 Å². The molecule has 0 spiro atoms. The Bertz CT molecular complexity index is 619. The minimum absolute atomic E-state index is 0.346. The van der Waals surface area contributed by atoms with E-state index in [1.165, 1.54) is 5.52 Å². The first-order chi connectivity index (χ1) is 9.57. The van der Waals surface area contributed by atoms with Gasteiger partial charge >= 0.3 is 0 Å². The number of aryl methyl sites for hydroxylation is 1. The van der Waals surface area contributed by atoms with Crippen LogP contribution >= 0.6 is 0 Å². The van der Waals surface area contributed by atoms with Crippen LogP contribution in [0, 0.1) is 16.7 Å². The number of nitriles is 1. The Morgan fingerprint density at radius 1 is 1.35 bits per heavy atom. The highest BCUT2D eigenvalue weighted by atomic mass is 15.1. The third-order valence-corrected chi connectivity index (χ3v) is 3.33. The normalized spacial score (nSPS) is 11.7. The van der Waals surface area contributed by atoms with Crippen molar-refractivity contribution in [1.82, 2.24) is 14.9 Å². The number of para-hydroxylation sites is 2. The van der Waals surface area contributed by atoms with Crippen LogP contribution in [0.4, 0.5) is 0 Å². The maximum absolute atomic E-state index is 9.03. The summed E-state index contributed by atoms with van der Waals surface area (Å²) in [6, 6.07) is 10.5. The van der Waals surface area contributed by atoms with Crippen LogP contribution in [0.25, 0.3) is 11.0 Å². The summed E-state index contributed by atoms with van der Waals surface area (Å²) in [7, 11) is 0. The molecule has 0 saturated heterocycles. The summed E-state index contributed by atoms with van der Waals surface area (Å²) in [6.45, 7) is 8.38. The number of benzene rings is 1. The third-order valence-electron chi connectivity index (χ3n) is 3.33. The quantitative estimate of drug-likeness (QED) is 0.877. The summed E-state index contributed by atoms with van der Waals surface area (Å²) in [5.74, 6) is 1.04. The molecular formula is C16H22N4. The number of hydrogen-bond acceptors (Lipinski definition) is 3. The third kappa shape index (κ3) is 3.17. The molecule has 0 aliphatic carbocycles. The highest BCUT2D eigenvalue weighted by Gasteiger charge is 2.16. The zero-order valence-corrected chi connectivity index (χ0v) is 12.5. The molecule has 0 fully saturated rings.